The molecule has 1 unspecified atom stereocenters. The maximum Gasteiger partial charge on any atom is 0.323 e. The minimum atomic E-state index is -1.23. The van der Waals surface area contributed by atoms with Gasteiger partial charge >= 0.3 is 5.97 Å². The molecule has 1 amide bonds. The SMILES string of the molecule is COc1ccc2c(c1)C(O)N(CC(=O)O)C2=O. The Balaban J connectivity index is 2.38. The first kappa shape index (κ1) is 11.4. The number of aliphatic carboxylic acids is 1. The van der Waals surface area contributed by atoms with Gasteiger partial charge in [-0.3, -0.25) is 14.5 Å². The van der Waals surface area contributed by atoms with Crippen molar-refractivity contribution in [2.45, 2.75) is 6.23 Å². The first-order valence-electron chi connectivity index (χ1n) is 4.93. The van der Waals surface area contributed by atoms with Gasteiger partial charge in [0.1, 0.15) is 12.3 Å². The number of aliphatic hydroxyl groups is 1. The Kier molecular flexibility index (Phi) is 2.72. The van der Waals surface area contributed by atoms with Gasteiger partial charge in [-0.15, -0.1) is 0 Å². The fraction of sp³-hybridized carbons (Fsp3) is 0.273. The molecule has 0 fully saturated rings. The van der Waals surface area contributed by atoms with E-state index in [1.165, 1.54) is 19.2 Å². The standard InChI is InChI=1S/C11H11NO5/c1-17-6-2-3-7-8(4-6)11(16)12(10(7)15)5-9(13)14/h2-4,11,16H,5H2,1H3,(H,13,14). The normalized spacial score (nSPS) is 18.1. The molecular weight excluding hydrogens is 226 g/mol. The number of methoxy groups -OCH3 is 1. The predicted molar refractivity (Wildman–Crippen MR) is 56.6 cm³/mol. The van der Waals surface area contributed by atoms with Crippen LogP contribution < -0.4 is 4.74 Å². The van der Waals surface area contributed by atoms with E-state index in [1.54, 1.807) is 6.07 Å². The molecular formula is C11H11NO5. The van der Waals surface area contributed by atoms with Crippen molar-refractivity contribution in [3.63, 3.8) is 0 Å². The Morgan fingerprint density at radius 1 is 1.53 bits per heavy atom. The topological polar surface area (TPSA) is 87.1 Å². The Hall–Kier alpha value is -2.08. The van der Waals surface area contributed by atoms with E-state index in [1.807, 2.05) is 0 Å². The van der Waals surface area contributed by atoms with Crippen LogP contribution in [0, 0.1) is 0 Å². The van der Waals surface area contributed by atoms with E-state index in [4.69, 9.17) is 9.84 Å². The minimum absolute atomic E-state index is 0.305. The second-order valence-corrected chi connectivity index (χ2v) is 3.65. The molecule has 1 heterocycles. The Labute approximate surface area is 97.0 Å². The Morgan fingerprint density at radius 3 is 2.82 bits per heavy atom. The van der Waals surface area contributed by atoms with Gasteiger partial charge in [0, 0.05) is 11.1 Å². The number of amides is 1. The van der Waals surface area contributed by atoms with Crippen LogP contribution in [0.1, 0.15) is 22.1 Å². The number of aliphatic hydroxyl groups excluding tert-OH is 1. The van der Waals surface area contributed by atoms with E-state index in [9.17, 15) is 14.7 Å². The maximum absolute atomic E-state index is 11.8. The van der Waals surface area contributed by atoms with Crippen molar-refractivity contribution >= 4 is 11.9 Å². The molecule has 0 spiro atoms. The molecule has 1 aromatic rings. The van der Waals surface area contributed by atoms with Gasteiger partial charge in [-0.2, -0.15) is 0 Å². The predicted octanol–water partition coefficient (Wildman–Crippen LogP) is 0.226. The van der Waals surface area contributed by atoms with Crippen LogP contribution in [-0.2, 0) is 4.79 Å². The Morgan fingerprint density at radius 2 is 2.24 bits per heavy atom. The molecule has 17 heavy (non-hydrogen) atoms. The highest BCUT2D eigenvalue weighted by Gasteiger charge is 2.36. The van der Waals surface area contributed by atoms with Crippen LogP contribution in [0.25, 0.3) is 0 Å². The second-order valence-electron chi connectivity index (χ2n) is 3.65. The van der Waals surface area contributed by atoms with Gasteiger partial charge in [0.2, 0.25) is 0 Å². The summed E-state index contributed by atoms with van der Waals surface area (Å²) in [6.07, 6.45) is -1.23. The number of benzene rings is 1. The van der Waals surface area contributed by atoms with E-state index >= 15 is 0 Å². The summed E-state index contributed by atoms with van der Waals surface area (Å²) in [7, 11) is 1.47. The number of carbonyl (C=O) groups excluding carboxylic acids is 1. The smallest absolute Gasteiger partial charge is 0.323 e. The quantitative estimate of drug-likeness (QED) is 0.785. The maximum atomic E-state index is 11.8. The van der Waals surface area contributed by atoms with Gasteiger partial charge in [-0.05, 0) is 18.2 Å². The number of carboxylic acids is 1. The van der Waals surface area contributed by atoms with E-state index in [0.29, 0.717) is 16.9 Å². The van der Waals surface area contributed by atoms with Crippen LogP contribution in [0.5, 0.6) is 5.75 Å². The molecule has 0 saturated carbocycles. The molecule has 0 bridgehead atoms. The molecule has 2 rings (SSSR count). The van der Waals surface area contributed by atoms with Crippen LogP contribution >= 0.6 is 0 Å². The van der Waals surface area contributed by atoms with Gasteiger partial charge in [-0.25, -0.2) is 0 Å². The molecule has 0 radical (unpaired) electrons. The minimum Gasteiger partial charge on any atom is -0.497 e. The van der Waals surface area contributed by atoms with Crippen LogP contribution in [0.4, 0.5) is 0 Å². The lowest BCUT2D eigenvalue weighted by Gasteiger charge is -2.18. The lowest BCUT2D eigenvalue weighted by Crippen LogP contribution is -2.33. The van der Waals surface area contributed by atoms with E-state index in [0.717, 1.165) is 4.90 Å². The summed E-state index contributed by atoms with van der Waals surface area (Å²) < 4.78 is 4.98. The number of rotatable bonds is 3. The first-order valence-corrected chi connectivity index (χ1v) is 4.93. The first-order chi connectivity index (χ1) is 8.04. The van der Waals surface area contributed by atoms with E-state index < -0.39 is 24.6 Å². The summed E-state index contributed by atoms with van der Waals surface area (Å²) in [6.45, 7) is -0.531. The molecule has 2 N–H and O–H groups in total. The van der Waals surface area contributed by atoms with Crippen LogP contribution in [0.3, 0.4) is 0 Å². The molecule has 6 heteroatoms. The third-order valence-electron chi connectivity index (χ3n) is 2.63. The van der Waals surface area contributed by atoms with Gasteiger partial charge in [-0.1, -0.05) is 0 Å². The third kappa shape index (κ3) is 1.83. The van der Waals surface area contributed by atoms with Crippen molar-refractivity contribution in [2.24, 2.45) is 0 Å². The average Bonchev–Trinajstić information content (AvgIpc) is 2.53. The summed E-state index contributed by atoms with van der Waals surface area (Å²) >= 11 is 0. The lowest BCUT2D eigenvalue weighted by molar-refractivity contribution is -0.139. The number of carbonyl (C=O) groups is 2. The summed E-state index contributed by atoms with van der Waals surface area (Å²) in [5.74, 6) is -1.15. The molecule has 0 saturated heterocycles. The summed E-state index contributed by atoms with van der Waals surface area (Å²) in [6, 6.07) is 4.63. The molecule has 1 atom stereocenters. The summed E-state index contributed by atoms with van der Waals surface area (Å²) in [4.78, 5) is 23.3. The van der Waals surface area contributed by atoms with Crippen molar-refractivity contribution in [3.8, 4) is 5.75 Å². The zero-order valence-electron chi connectivity index (χ0n) is 9.08. The molecule has 1 aliphatic rings. The van der Waals surface area contributed by atoms with Crippen molar-refractivity contribution in [1.29, 1.82) is 0 Å². The molecule has 0 aliphatic carbocycles. The molecule has 6 nitrogen and oxygen atoms in total. The molecule has 0 aromatic heterocycles. The molecule has 1 aromatic carbocycles. The van der Waals surface area contributed by atoms with Gasteiger partial charge in [0.15, 0.2) is 6.23 Å². The van der Waals surface area contributed by atoms with Crippen LogP contribution in [0.15, 0.2) is 18.2 Å². The van der Waals surface area contributed by atoms with Crippen molar-refractivity contribution in [2.75, 3.05) is 13.7 Å². The zero-order valence-corrected chi connectivity index (χ0v) is 9.08. The fourth-order valence-electron chi connectivity index (χ4n) is 1.81. The van der Waals surface area contributed by atoms with Gasteiger partial charge in [0.25, 0.3) is 5.91 Å². The number of nitrogens with zero attached hydrogens (tertiary/aromatic N) is 1. The van der Waals surface area contributed by atoms with Crippen molar-refractivity contribution in [1.82, 2.24) is 4.90 Å². The number of hydrogen-bond acceptors (Lipinski definition) is 4. The average molecular weight is 237 g/mol. The number of fused-ring (bicyclic) bond motifs is 1. The summed E-state index contributed by atoms with van der Waals surface area (Å²) in [5.41, 5.74) is 0.676. The molecule has 90 valence electrons. The monoisotopic (exact) mass is 237 g/mol. The fourth-order valence-corrected chi connectivity index (χ4v) is 1.81. The summed E-state index contributed by atoms with van der Waals surface area (Å²) in [5, 5.41) is 18.5. The number of ether oxygens (including phenoxy) is 1. The Bertz CT molecular complexity index is 485. The van der Waals surface area contributed by atoms with Crippen molar-refractivity contribution in [3.05, 3.63) is 29.3 Å². The highest BCUT2D eigenvalue weighted by Crippen LogP contribution is 2.33. The lowest BCUT2D eigenvalue weighted by atomic mass is 10.1. The second kappa shape index (κ2) is 4.06. The molecule has 1 aliphatic heterocycles. The van der Waals surface area contributed by atoms with E-state index in [-0.39, 0.29) is 0 Å². The highest BCUT2D eigenvalue weighted by molar-refractivity contribution is 6.00. The number of hydrogen-bond donors (Lipinski definition) is 2. The van der Waals surface area contributed by atoms with Crippen LogP contribution in [0.2, 0.25) is 0 Å². The largest absolute Gasteiger partial charge is 0.497 e. The zero-order chi connectivity index (χ0) is 12.6. The highest BCUT2D eigenvalue weighted by atomic mass is 16.5. The third-order valence-corrected chi connectivity index (χ3v) is 2.63. The van der Waals surface area contributed by atoms with Gasteiger partial charge in [0.05, 0.1) is 7.11 Å². The number of carboxylic acid groups (broad SMARTS) is 1. The van der Waals surface area contributed by atoms with Crippen molar-refractivity contribution < 1.29 is 24.5 Å². The van der Waals surface area contributed by atoms with E-state index in [2.05, 4.69) is 0 Å². The van der Waals surface area contributed by atoms with Gasteiger partial charge < -0.3 is 14.9 Å². The van der Waals surface area contributed by atoms with Crippen LogP contribution in [-0.4, -0.2) is 40.6 Å².